The van der Waals surface area contributed by atoms with Crippen molar-refractivity contribution in [3.8, 4) is 6.07 Å². The number of nitro groups is 1. The van der Waals surface area contributed by atoms with E-state index in [1.165, 1.54) is 6.08 Å². The van der Waals surface area contributed by atoms with E-state index < -0.39 is 4.92 Å². The zero-order valence-corrected chi connectivity index (χ0v) is 10.7. The molecule has 0 amide bonds. The van der Waals surface area contributed by atoms with Crippen molar-refractivity contribution in [1.82, 2.24) is 0 Å². The van der Waals surface area contributed by atoms with E-state index in [0.29, 0.717) is 11.1 Å². The highest BCUT2D eigenvalue weighted by Crippen LogP contribution is 2.16. The highest BCUT2D eigenvalue weighted by atomic mass is 16.6. The van der Waals surface area contributed by atoms with E-state index in [0.717, 1.165) is 5.56 Å². The molecule has 0 aliphatic carbocycles. The fourth-order valence-electron chi connectivity index (χ4n) is 1.88. The van der Waals surface area contributed by atoms with Crippen LogP contribution in [0.1, 0.15) is 16.7 Å². The quantitative estimate of drug-likeness (QED) is 0.627. The molecular formula is C16H12N2O2. The molecule has 0 heterocycles. The Hall–Kier alpha value is -2.93. The lowest BCUT2D eigenvalue weighted by molar-refractivity contribution is -0.425. The minimum Gasteiger partial charge on any atom is -0.259 e. The molecule has 0 fully saturated rings. The van der Waals surface area contributed by atoms with Gasteiger partial charge in [-0.1, -0.05) is 48.5 Å². The molecule has 4 nitrogen and oxygen atoms in total. The molecule has 0 unspecified atom stereocenters. The first-order valence-electron chi connectivity index (χ1n) is 6.08. The molecule has 0 N–H and O–H groups in total. The second-order valence-electron chi connectivity index (χ2n) is 4.25. The third-order valence-electron chi connectivity index (χ3n) is 2.87. The minimum absolute atomic E-state index is 0.0684. The molecule has 0 saturated heterocycles. The first-order valence-corrected chi connectivity index (χ1v) is 6.08. The summed E-state index contributed by atoms with van der Waals surface area (Å²) in [6.45, 7) is 0. The Balaban J connectivity index is 2.36. The van der Waals surface area contributed by atoms with Gasteiger partial charge in [-0.05, 0) is 17.2 Å². The summed E-state index contributed by atoms with van der Waals surface area (Å²) in [4.78, 5) is 10.8. The van der Waals surface area contributed by atoms with Crippen LogP contribution >= 0.6 is 0 Å². The molecule has 0 bridgehead atoms. The number of rotatable bonds is 4. The second kappa shape index (κ2) is 6.30. The standard InChI is InChI=1S/C16H12N2O2/c17-12-15-9-5-4-8-14(15)11-16(18(19)20)10-13-6-2-1-3-7-13/h1-9,11H,10H2/b16-11+. The predicted octanol–water partition coefficient (Wildman–Crippen LogP) is 3.42. The first-order chi connectivity index (χ1) is 9.70. The van der Waals surface area contributed by atoms with E-state index in [1.807, 2.05) is 36.4 Å². The molecule has 98 valence electrons. The van der Waals surface area contributed by atoms with Crippen molar-refractivity contribution < 1.29 is 4.92 Å². The number of nitriles is 1. The summed E-state index contributed by atoms with van der Waals surface area (Å²) >= 11 is 0. The third kappa shape index (κ3) is 3.30. The summed E-state index contributed by atoms with van der Waals surface area (Å²) in [5.41, 5.74) is 1.93. The van der Waals surface area contributed by atoms with Gasteiger partial charge < -0.3 is 0 Å². The van der Waals surface area contributed by atoms with Gasteiger partial charge in [0, 0.05) is 6.08 Å². The molecule has 2 rings (SSSR count). The van der Waals surface area contributed by atoms with E-state index in [1.54, 1.807) is 24.3 Å². The highest BCUT2D eigenvalue weighted by Gasteiger charge is 2.13. The number of benzene rings is 2. The van der Waals surface area contributed by atoms with Gasteiger partial charge in [-0.25, -0.2) is 0 Å². The lowest BCUT2D eigenvalue weighted by atomic mass is 10.0. The summed E-state index contributed by atoms with van der Waals surface area (Å²) in [6.07, 6.45) is 1.69. The van der Waals surface area contributed by atoms with Gasteiger partial charge in [-0.3, -0.25) is 10.1 Å². The topological polar surface area (TPSA) is 66.9 Å². The molecule has 0 saturated carbocycles. The Bertz CT molecular complexity index is 685. The molecule has 2 aromatic rings. The molecule has 2 aromatic carbocycles. The second-order valence-corrected chi connectivity index (χ2v) is 4.25. The Morgan fingerprint density at radius 1 is 1.15 bits per heavy atom. The lowest BCUT2D eigenvalue weighted by Crippen LogP contribution is -2.02. The van der Waals surface area contributed by atoms with Gasteiger partial charge in [-0.2, -0.15) is 5.26 Å². The predicted molar refractivity (Wildman–Crippen MR) is 76.3 cm³/mol. The molecule has 0 aliphatic heterocycles. The SMILES string of the molecule is N#Cc1ccccc1/C=C(\Cc1ccccc1)[N+](=O)[O-]. The van der Waals surface area contributed by atoms with Crippen LogP contribution < -0.4 is 0 Å². The molecule has 0 aromatic heterocycles. The van der Waals surface area contributed by atoms with Gasteiger partial charge in [0.2, 0.25) is 0 Å². The maximum Gasteiger partial charge on any atom is 0.251 e. The van der Waals surface area contributed by atoms with Crippen molar-refractivity contribution in [2.24, 2.45) is 0 Å². The monoisotopic (exact) mass is 264 g/mol. The number of nitrogens with zero attached hydrogens (tertiary/aromatic N) is 2. The largest absolute Gasteiger partial charge is 0.259 e. The van der Waals surface area contributed by atoms with E-state index in [4.69, 9.17) is 5.26 Å². The van der Waals surface area contributed by atoms with Crippen LogP contribution in [0, 0.1) is 21.4 Å². The summed E-state index contributed by atoms with van der Waals surface area (Å²) in [7, 11) is 0. The summed E-state index contributed by atoms with van der Waals surface area (Å²) in [5.74, 6) is 0. The van der Waals surface area contributed by atoms with Gasteiger partial charge in [0.1, 0.15) is 0 Å². The van der Waals surface area contributed by atoms with E-state index in [2.05, 4.69) is 0 Å². The lowest BCUT2D eigenvalue weighted by Gasteiger charge is -2.01. The van der Waals surface area contributed by atoms with Gasteiger partial charge in [0.05, 0.1) is 23.0 Å². The van der Waals surface area contributed by atoms with Crippen LogP contribution in [0.4, 0.5) is 0 Å². The van der Waals surface area contributed by atoms with Gasteiger partial charge in [-0.15, -0.1) is 0 Å². The zero-order chi connectivity index (χ0) is 14.4. The maximum absolute atomic E-state index is 11.2. The van der Waals surface area contributed by atoms with Crippen LogP contribution in [0.15, 0.2) is 60.3 Å². The molecule has 0 atom stereocenters. The first kappa shape index (κ1) is 13.5. The van der Waals surface area contributed by atoms with Crippen molar-refractivity contribution in [1.29, 1.82) is 5.26 Å². The summed E-state index contributed by atoms with van der Waals surface area (Å²) in [5, 5.41) is 20.2. The van der Waals surface area contributed by atoms with Crippen LogP contribution in [-0.4, -0.2) is 4.92 Å². The van der Waals surface area contributed by atoms with Crippen molar-refractivity contribution in [3.05, 3.63) is 87.1 Å². The smallest absolute Gasteiger partial charge is 0.251 e. The molecule has 4 heteroatoms. The van der Waals surface area contributed by atoms with Gasteiger partial charge in [0.15, 0.2) is 0 Å². The van der Waals surface area contributed by atoms with Crippen molar-refractivity contribution in [2.45, 2.75) is 6.42 Å². The van der Waals surface area contributed by atoms with Crippen molar-refractivity contribution in [3.63, 3.8) is 0 Å². The fourth-order valence-corrected chi connectivity index (χ4v) is 1.88. The molecule has 0 radical (unpaired) electrons. The van der Waals surface area contributed by atoms with E-state index >= 15 is 0 Å². The summed E-state index contributed by atoms with van der Waals surface area (Å²) in [6, 6.07) is 18.1. The highest BCUT2D eigenvalue weighted by molar-refractivity contribution is 5.59. The Kier molecular flexibility index (Phi) is 4.25. The number of hydrogen-bond donors (Lipinski definition) is 0. The normalized spacial score (nSPS) is 10.8. The molecule has 0 aliphatic rings. The van der Waals surface area contributed by atoms with Gasteiger partial charge in [0.25, 0.3) is 5.70 Å². The number of hydrogen-bond acceptors (Lipinski definition) is 3. The van der Waals surface area contributed by atoms with Crippen LogP contribution in [0.3, 0.4) is 0 Å². The van der Waals surface area contributed by atoms with E-state index in [9.17, 15) is 10.1 Å². The minimum atomic E-state index is -0.402. The fraction of sp³-hybridized carbons (Fsp3) is 0.0625. The summed E-state index contributed by atoms with van der Waals surface area (Å²) < 4.78 is 0. The van der Waals surface area contributed by atoms with Crippen molar-refractivity contribution in [2.75, 3.05) is 0 Å². The van der Waals surface area contributed by atoms with Crippen LogP contribution in [-0.2, 0) is 6.42 Å². The van der Waals surface area contributed by atoms with Crippen molar-refractivity contribution >= 4 is 6.08 Å². The van der Waals surface area contributed by atoms with E-state index in [-0.39, 0.29) is 12.1 Å². The maximum atomic E-state index is 11.2. The zero-order valence-electron chi connectivity index (χ0n) is 10.7. The Labute approximate surface area is 116 Å². The molecular weight excluding hydrogens is 252 g/mol. The average molecular weight is 264 g/mol. The Morgan fingerprint density at radius 2 is 1.80 bits per heavy atom. The Morgan fingerprint density at radius 3 is 2.45 bits per heavy atom. The van der Waals surface area contributed by atoms with Crippen LogP contribution in [0.5, 0.6) is 0 Å². The number of allylic oxidation sites excluding steroid dienone is 1. The van der Waals surface area contributed by atoms with Crippen LogP contribution in [0.25, 0.3) is 6.08 Å². The molecule has 20 heavy (non-hydrogen) atoms. The van der Waals surface area contributed by atoms with Gasteiger partial charge >= 0.3 is 0 Å². The van der Waals surface area contributed by atoms with Crippen LogP contribution in [0.2, 0.25) is 0 Å². The third-order valence-corrected chi connectivity index (χ3v) is 2.87. The average Bonchev–Trinajstić information content (AvgIpc) is 2.48. The molecule has 0 spiro atoms.